The fourth-order valence-corrected chi connectivity index (χ4v) is 3.83. The van der Waals surface area contributed by atoms with E-state index in [9.17, 15) is 19.5 Å². The number of carbonyl (C=O) groups excluding carboxylic acids is 2. The number of aromatic hydroxyl groups is 1. The number of hydrogen-bond donors (Lipinski definition) is 1. The number of halogens is 2. The van der Waals surface area contributed by atoms with Crippen LogP contribution >= 0.6 is 27.5 Å². The smallest absolute Gasteiger partial charge is 0.336 e. The number of carbonyl (C=O) groups is 2. The van der Waals surface area contributed by atoms with Crippen molar-refractivity contribution < 1.29 is 28.6 Å². The Hall–Kier alpha value is -2.10. The number of fused-ring (bicyclic) bond motifs is 1. The number of esters is 2. The molecule has 0 amide bonds. The Bertz CT molecular complexity index is 1070. The van der Waals surface area contributed by atoms with E-state index in [1.54, 1.807) is 47.6 Å². The minimum absolute atomic E-state index is 0.0539. The van der Waals surface area contributed by atoms with E-state index in [1.165, 1.54) is 11.0 Å². The number of nitrogens with zero attached hydrogens (tertiary/aromatic N) is 1. The maximum Gasteiger partial charge on any atom is 0.336 e. The summed E-state index contributed by atoms with van der Waals surface area (Å²) in [5.74, 6) is -1.26. The maximum atomic E-state index is 12.5. The highest BCUT2D eigenvalue weighted by molar-refractivity contribution is 9.10. The molecule has 0 fully saturated rings. The van der Waals surface area contributed by atoms with Gasteiger partial charge in [-0.15, -0.1) is 11.6 Å². The Morgan fingerprint density at radius 3 is 2.03 bits per heavy atom. The third-order valence-electron chi connectivity index (χ3n) is 4.21. The van der Waals surface area contributed by atoms with Gasteiger partial charge in [0.15, 0.2) is 0 Å². The van der Waals surface area contributed by atoms with Crippen molar-refractivity contribution >= 4 is 50.4 Å². The van der Waals surface area contributed by atoms with Gasteiger partial charge in [0.1, 0.15) is 22.5 Å². The first-order valence-corrected chi connectivity index (χ1v) is 11.6. The molecular weight excluding hydrogens is 518 g/mol. The van der Waals surface area contributed by atoms with Crippen LogP contribution < -0.4 is 5.63 Å². The van der Waals surface area contributed by atoms with Crippen molar-refractivity contribution in [2.75, 3.05) is 13.1 Å². The predicted molar refractivity (Wildman–Crippen MR) is 128 cm³/mol. The van der Waals surface area contributed by atoms with Gasteiger partial charge in [-0.1, -0.05) is 0 Å². The Labute approximate surface area is 205 Å². The minimum Gasteiger partial charge on any atom is -0.506 e. The first-order chi connectivity index (χ1) is 15.1. The fraction of sp³-hybridized carbons (Fsp3) is 0.522. The van der Waals surface area contributed by atoms with Gasteiger partial charge in [-0.05, 0) is 69.1 Å². The van der Waals surface area contributed by atoms with Gasteiger partial charge in [-0.2, -0.15) is 0 Å². The number of alkyl halides is 1. The van der Waals surface area contributed by atoms with Crippen molar-refractivity contribution in [3.05, 3.63) is 38.2 Å². The van der Waals surface area contributed by atoms with E-state index in [1.807, 2.05) is 0 Å². The highest BCUT2D eigenvalue weighted by atomic mass is 79.9. The molecule has 1 heterocycles. The second kappa shape index (κ2) is 10.4. The lowest BCUT2D eigenvalue weighted by atomic mass is 10.1. The second-order valence-corrected chi connectivity index (χ2v) is 10.7. The summed E-state index contributed by atoms with van der Waals surface area (Å²) in [6.45, 7) is 9.79. The maximum absolute atomic E-state index is 12.5. The average molecular weight is 547 g/mol. The molecule has 0 atom stereocenters. The van der Waals surface area contributed by atoms with Gasteiger partial charge in [0.25, 0.3) is 0 Å². The normalized spacial score (nSPS) is 12.3. The van der Waals surface area contributed by atoms with E-state index in [0.717, 1.165) is 0 Å². The zero-order valence-electron chi connectivity index (χ0n) is 19.6. The molecule has 0 unspecified atom stereocenters. The van der Waals surface area contributed by atoms with Crippen LogP contribution in [0.25, 0.3) is 11.0 Å². The molecule has 33 heavy (non-hydrogen) atoms. The van der Waals surface area contributed by atoms with Crippen molar-refractivity contribution in [1.29, 1.82) is 0 Å². The molecule has 0 saturated heterocycles. The summed E-state index contributed by atoms with van der Waals surface area (Å²) < 4.78 is 16.5. The van der Waals surface area contributed by atoms with E-state index in [4.69, 9.17) is 25.5 Å². The molecule has 182 valence electrons. The third-order valence-corrected chi connectivity index (χ3v) is 5.11. The molecule has 0 aliphatic carbocycles. The van der Waals surface area contributed by atoms with Crippen LogP contribution in [0.5, 0.6) is 5.75 Å². The monoisotopic (exact) mass is 545 g/mol. The summed E-state index contributed by atoms with van der Waals surface area (Å²) in [4.78, 5) is 38.6. The molecule has 2 aromatic rings. The quantitative estimate of drug-likeness (QED) is 0.308. The van der Waals surface area contributed by atoms with Crippen molar-refractivity contribution in [1.82, 2.24) is 4.90 Å². The molecule has 1 aromatic heterocycles. The number of benzene rings is 1. The molecule has 0 saturated carbocycles. The highest BCUT2D eigenvalue weighted by Crippen LogP contribution is 2.36. The van der Waals surface area contributed by atoms with E-state index in [-0.39, 0.29) is 42.4 Å². The van der Waals surface area contributed by atoms with Gasteiger partial charge in [0.2, 0.25) is 0 Å². The van der Waals surface area contributed by atoms with Gasteiger partial charge >= 0.3 is 17.6 Å². The molecule has 1 aromatic carbocycles. The molecule has 0 aliphatic heterocycles. The average Bonchev–Trinajstić information content (AvgIpc) is 2.62. The van der Waals surface area contributed by atoms with Gasteiger partial charge in [-0.3, -0.25) is 14.5 Å². The van der Waals surface area contributed by atoms with Crippen LogP contribution in [0.3, 0.4) is 0 Å². The van der Waals surface area contributed by atoms with Gasteiger partial charge < -0.3 is 19.0 Å². The van der Waals surface area contributed by atoms with Crippen molar-refractivity contribution in [3.8, 4) is 5.75 Å². The minimum atomic E-state index is -0.721. The summed E-state index contributed by atoms with van der Waals surface area (Å²) in [5.41, 5.74) is -1.21. The number of phenols is 1. The number of ether oxygens (including phenoxy) is 2. The lowest BCUT2D eigenvalue weighted by Crippen LogP contribution is -2.39. The fourth-order valence-electron chi connectivity index (χ4n) is 3.14. The summed E-state index contributed by atoms with van der Waals surface area (Å²) in [6, 6.07) is 2.88. The lowest BCUT2D eigenvalue weighted by Gasteiger charge is -2.26. The van der Waals surface area contributed by atoms with E-state index < -0.39 is 28.8 Å². The molecule has 0 aliphatic rings. The van der Waals surface area contributed by atoms with Crippen molar-refractivity contribution in [3.63, 3.8) is 0 Å². The van der Waals surface area contributed by atoms with Crippen LogP contribution in [-0.2, 0) is 31.5 Å². The summed E-state index contributed by atoms with van der Waals surface area (Å²) in [5, 5.41) is 11.3. The first kappa shape index (κ1) is 27.1. The molecule has 0 bridgehead atoms. The second-order valence-electron chi connectivity index (χ2n) is 9.60. The molecule has 2 rings (SSSR count). The predicted octanol–water partition coefficient (Wildman–Crippen LogP) is 4.49. The van der Waals surface area contributed by atoms with Crippen molar-refractivity contribution in [2.45, 2.75) is 65.2 Å². The SMILES string of the molecule is CC(C)(C)OC(=O)CN(CC(=O)OC(C)(C)C)Cc1c(O)c(Br)cc2c(CCl)cc(=O)oc12. The summed E-state index contributed by atoms with van der Waals surface area (Å²) in [6.07, 6.45) is 0. The number of rotatable bonds is 7. The third kappa shape index (κ3) is 8.01. The zero-order chi connectivity index (χ0) is 25.1. The molecule has 1 N–H and O–H groups in total. The molecule has 0 spiro atoms. The van der Waals surface area contributed by atoms with Crippen LogP contribution in [0.15, 0.2) is 25.8 Å². The molecule has 10 heteroatoms. The molecule has 8 nitrogen and oxygen atoms in total. The zero-order valence-corrected chi connectivity index (χ0v) is 21.9. The number of hydrogen-bond acceptors (Lipinski definition) is 8. The molecule has 0 radical (unpaired) electrons. The van der Waals surface area contributed by atoms with E-state index >= 15 is 0 Å². The largest absolute Gasteiger partial charge is 0.506 e. The van der Waals surface area contributed by atoms with Crippen LogP contribution in [0.2, 0.25) is 0 Å². The Morgan fingerprint density at radius 2 is 1.58 bits per heavy atom. The van der Waals surface area contributed by atoms with Gasteiger partial charge in [0, 0.05) is 23.9 Å². The highest BCUT2D eigenvalue weighted by Gasteiger charge is 2.26. The van der Waals surface area contributed by atoms with Gasteiger partial charge in [0.05, 0.1) is 23.1 Å². The Kier molecular flexibility index (Phi) is 8.59. The van der Waals surface area contributed by atoms with Crippen LogP contribution in [0.1, 0.15) is 52.7 Å². The van der Waals surface area contributed by atoms with Crippen LogP contribution in [0.4, 0.5) is 0 Å². The van der Waals surface area contributed by atoms with Gasteiger partial charge in [-0.25, -0.2) is 4.79 Å². The first-order valence-electron chi connectivity index (χ1n) is 10.3. The van der Waals surface area contributed by atoms with E-state index in [0.29, 0.717) is 15.4 Å². The summed E-state index contributed by atoms with van der Waals surface area (Å²) >= 11 is 9.30. The Morgan fingerprint density at radius 1 is 1.06 bits per heavy atom. The summed E-state index contributed by atoms with van der Waals surface area (Å²) in [7, 11) is 0. The molecular formula is C23H29BrClNO7. The van der Waals surface area contributed by atoms with Crippen molar-refractivity contribution in [2.24, 2.45) is 0 Å². The lowest BCUT2D eigenvalue weighted by molar-refractivity contribution is -0.160. The van der Waals surface area contributed by atoms with Crippen LogP contribution in [0, 0.1) is 0 Å². The standard InChI is InChI=1S/C23H29BrClNO7/c1-22(2,3)32-18(28)11-26(12-19(29)33-23(4,5)6)10-15-20(30)16(24)8-14-13(9-25)7-17(27)31-21(14)15/h7-8,30H,9-12H2,1-6H3. The topological polar surface area (TPSA) is 106 Å². The van der Waals surface area contributed by atoms with Crippen LogP contribution in [-0.4, -0.2) is 46.2 Å². The Balaban J connectivity index is 2.50. The number of phenolic OH excluding ortho intramolecular Hbond substituents is 1. The van der Waals surface area contributed by atoms with E-state index in [2.05, 4.69) is 15.9 Å².